The third-order valence-electron chi connectivity index (χ3n) is 3.28. The lowest BCUT2D eigenvalue weighted by atomic mass is 10.2. The second kappa shape index (κ2) is 5.33. The number of benzene rings is 1. The Balaban J connectivity index is 1.98. The zero-order valence-corrected chi connectivity index (χ0v) is 13.6. The molecule has 0 aliphatic carbocycles. The molecule has 0 unspecified atom stereocenters. The summed E-state index contributed by atoms with van der Waals surface area (Å²) in [5.74, 6) is -0.242. The van der Waals surface area contributed by atoms with Crippen molar-refractivity contribution < 1.29 is 4.79 Å². The number of anilines is 1. The maximum absolute atomic E-state index is 12.4. The molecule has 0 fully saturated rings. The minimum absolute atomic E-state index is 0.242. The minimum Gasteiger partial charge on any atom is -0.318 e. The SMILES string of the molecule is Cc1c(NC(=O)c2sc3cc(Cl)ccc3c2Cl)cnn1C. The number of aryl methyl sites for hydroxylation is 1. The number of fused-ring (bicyclic) bond motifs is 1. The Bertz CT molecular complexity index is 853. The van der Waals surface area contributed by atoms with Crippen LogP contribution in [0.3, 0.4) is 0 Å². The van der Waals surface area contributed by atoms with Crippen molar-refractivity contribution in [2.24, 2.45) is 7.05 Å². The highest BCUT2D eigenvalue weighted by molar-refractivity contribution is 7.21. The summed E-state index contributed by atoms with van der Waals surface area (Å²) in [6.07, 6.45) is 1.62. The Hall–Kier alpha value is -1.56. The molecule has 3 rings (SSSR count). The van der Waals surface area contributed by atoms with Gasteiger partial charge in [-0.1, -0.05) is 29.3 Å². The Morgan fingerprint density at radius 3 is 2.81 bits per heavy atom. The molecule has 7 heteroatoms. The van der Waals surface area contributed by atoms with E-state index >= 15 is 0 Å². The summed E-state index contributed by atoms with van der Waals surface area (Å²) in [5.41, 5.74) is 1.55. The van der Waals surface area contributed by atoms with Crippen LogP contribution in [-0.2, 0) is 7.05 Å². The van der Waals surface area contributed by atoms with Crippen LogP contribution in [0, 0.1) is 6.92 Å². The molecular formula is C14H11Cl2N3OS. The lowest BCUT2D eigenvalue weighted by Crippen LogP contribution is -2.11. The van der Waals surface area contributed by atoms with E-state index in [1.165, 1.54) is 11.3 Å². The number of hydrogen-bond donors (Lipinski definition) is 1. The van der Waals surface area contributed by atoms with Gasteiger partial charge in [-0.3, -0.25) is 9.48 Å². The summed E-state index contributed by atoms with van der Waals surface area (Å²) in [7, 11) is 1.82. The standard InChI is InChI=1S/C14H11Cl2N3OS/c1-7-10(6-17-19(7)2)18-14(20)13-12(16)9-4-3-8(15)5-11(9)21-13/h3-6H,1-2H3,(H,18,20). The van der Waals surface area contributed by atoms with Crippen molar-refractivity contribution >= 4 is 56.2 Å². The molecule has 0 aliphatic heterocycles. The Labute approximate surface area is 135 Å². The fourth-order valence-corrected chi connectivity index (χ4v) is 3.67. The fraction of sp³-hybridized carbons (Fsp3) is 0.143. The number of aromatic nitrogens is 2. The number of nitrogens with one attached hydrogen (secondary N) is 1. The largest absolute Gasteiger partial charge is 0.318 e. The highest BCUT2D eigenvalue weighted by Crippen LogP contribution is 2.37. The third kappa shape index (κ3) is 2.52. The highest BCUT2D eigenvalue weighted by Gasteiger charge is 2.18. The number of thiophene rings is 1. The van der Waals surface area contributed by atoms with Crippen LogP contribution >= 0.6 is 34.5 Å². The van der Waals surface area contributed by atoms with Crippen LogP contribution < -0.4 is 5.32 Å². The van der Waals surface area contributed by atoms with E-state index in [1.807, 2.05) is 20.0 Å². The van der Waals surface area contributed by atoms with Gasteiger partial charge in [-0.2, -0.15) is 5.10 Å². The van der Waals surface area contributed by atoms with Crippen molar-refractivity contribution in [1.82, 2.24) is 9.78 Å². The van der Waals surface area contributed by atoms with E-state index in [1.54, 1.807) is 23.0 Å². The third-order valence-corrected chi connectivity index (χ3v) is 5.17. The van der Waals surface area contributed by atoms with Crippen LogP contribution in [0.25, 0.3) is 10.1 Å². The average molecular weight is 340 g/mol. The summed E-state index contributed by atoms with van der Waals surface area (Å²) in [6.45, 7) is 1.88. The molecule has 2 heterocycles. The van der Waals surface area contributed by atoms with Gasteiger partial charge in [0.25, 0.3) is 5.91 Å². The molecular weight excluding hydrogens is 329 g/mol. The Morgan fingerprint density at radius 1 is 1.38 bits per heavy atom. The molecule has 108 valence electrons. The number of amides is 1. The summed E-state index contributed by atoms with van der Waals surface area (Å²) in [5, 5.41) is 8.83. The Kier molecular flexibility index (Phi) is 3.65. The van der Waals surface area contributed by atoms with Crippen molar-refractivity contribution in [3.05, 3.63) is 45.0 Å². The number of carbonyl (C=O) groups excluding carboxylic acids is 1. The lowest BCUT2D eigenvalue weighted by molar-refractivity contribution is 0.103. The van der Waals surface area contributed by atoms with Crippen molar-refractivity contribution in [3.8, 4) is 0 Å². The van der Waals surface area contributed by atoms with Gasteiger partial charge in [-0.15, -0.1) is 11.3 Å². The second-order valence-corrected chi connectivity index (χ2v) is 6.47. The summed E-state index contributed by atoms with van der Waals surface area (Å²) in [6, 6.07) is 5.39. The summed E-state index contributed by atoms with van der Waals surface area (Å²) >= 11 is 13.6. The molecule has 1 N–H and O–H groups in total. The van der Waals surface area contributed by atoms with Gasteiger partial charge in [0.15, 0.2) is 0 Å². The molecule has 0 radical (unpaired) electrons. The zero-order chi connectivity index (χ0) is 15.1. The average Bonchev–Trinajstić information content (AvgIpc) is 2.93. The van der Waals surface area contributed by atoms with Crippen LogP contribution in [-0.4, -0.2) is 15.7 Å². The van der Waals surface area contributed by atoms with Gasteiger partial charge in [0.05, 0.1) is 22.6 Å². The van der Waals surface area contributed by atoms with E-state index in [-0.39, 0.29) is 5.91 Å². The lowest BCUT2D eigenvalue weighted by Gasteiger charge is -2.03. The molecule has 3 aromatic rings. The minimum atomic E-state index is -0.242. The highest BCUT2D eigenvalue weighted by atomic mass is 35.5. The van der Waals surface area contributed by atoms with Gasteiger partial charge in [0.2, 0.25) is 0 Å². The van der Waals surface area contributed by atoms with Gasteiger partial charge in [-0.25, -0.2) is 0 Å². The first-order valence-corrected chi connectivity index (χ1v) is 7.72. The van der Waals surface area contributed by atoms with Gasteiger partial charge < -0.3 is 5.32 Å². The molecule has 21 heavy (non-hydrogen) atoms. The molecule has 0 spiro atoms. The first-order valence-electron chi connectivity index (χ1n) is 6.15. The van der Waals surface area contributed by atoms with Gasteiger partial charge >= 0.3 is 0 Å². The first-order chi connectivity index (χ1) is 9.97. The molecule has 0 bridgehead atoms. The van der Waals surface area contributed by atoms with Crippen LogP contribution in [0.1, 0.15) is 15.4 Å². The van der Waals surface area contributed by atoms with E-state index in [9.17, 15) is 4.79 Å². The van der Waals surface area contributed by atoms with Gasteiger partial charge in [0.1, 0.15) is 4.88 Å². The van der Waals surface area contributed by atoms with Crippen molar-refractivity contribution in [1.29, 1.82) is 0 Å². The van der Waals surface area contributed by atoms with Gasteiger partial charge in [0, 0.05) is 22.2 Å². The van der Waals surface area contributed by atoms with Crippen LogP contribution in [0.15, 0.2) is 24.4 Å². The molecule has 0 saturated heterocycles. The van der Waals surface area contributed by atoms with Crippen LogP contribution in [0.4, 0.5) is 5.69 Å². The van der Waals surface area contributed by atoms with Crippen molar-refractivity contribution in [2.75, 3.05) is 5.32 Å². The van der Waals surface area contributed by atoms with Crippen molar-refractivity contribution in [2.45, 2.75) is 6.92 Å². The number of rotatable bonds is 2. The molecule has 2 aromatic heterocycles. The van der Waals surface area contributed by atoms with E-state index in [4.69, 9.17) is 23.2 Å². The quantitative estimate of drug-likeness (QED) is 0.746. The number of hydrogen-bond acceptors (Lipinski definition) is 3. The Morgan fingerprint density at radius 2 is 2.14 bits per heavy atom. The maximum Gasteiger partial charge on any atom is 0.267 e. The molecule has 0 aliphatic rings. The fourth-order valence-electron chi connectivity index (χ4n) is 1.99. The smallest absolute Gasteiger partial charge is 0.267 e. The predicted octanol–water partition coefficient (Wildman–Crippen LogP) is 4.50. The number of nitrogens with zero attached hydrogens (tertiary/aromatic N) is 2. The predicted molar refractivity (Wildman–Crippen MR) is 87.7 cm³/mol. The first kappa shape index (κ1) is 14.4. The number of carbonyl (C=O) groups is 1. The number of halogens is 2. The molecule has 1 aromatic carbocycles. The molecule has 4 nitrogen and oxygen atoms in total. The normalized spacial score (nSPS) is 11.0. The van der Waals surface area contributed by atoms with E-state index in [0.29, 0.717) is 20.6 Å². The zero-order valence-electron chi connectivity index (χ0n) is 11.3. The monoisotopic (exact) mass is 339 g/mol. The van der Waals surface area contributed by atoms with E-state index in [2.05, 4.69) is 10.4 Å². The molecule has 1 amide bonds. The van der Waals surface area contributed by atoms with Crippen molar-refractivity contribution in [3.63, 3.8) is 0 Å². The summed E-state index contributed by atoms with van der Waals surface area (Å²) in [4.78, 5) is 12.9. The maximum atomic E-state index is 12.4. The van der Waals surface area contributed by atoms with Gasteiger partial charge in [-0.05, 0) is 19.1 Å². The van der Waals surface area contributed by atoms with E-state index < -0.39 is 0 Å². The molecule has 0 saturated carbocycles. The topological polar surface area (TPSA) is 46.9 Å². The summed E-state index contributed by atoms with van der Waals surface area (Å²) < 4.78 is 2.59. The van der Waals surface area contributed by atoms with Crippen LogP contribution in [0.2, 0.25) is 10.0 Å². The van der Waals surface area contributed by atoms with Crippen LogP contribution in [0.5, 0.6) is 0 Å². The second-order valence-electron chi connectivity index (χ2n) is 4.61. The molecule has 0 atom stereocenters. The van der Waals surface area contributed by atoms with E-state index in [0.717, 1.165) is 15.8 Å².